The molecule has 0 aliphatic carbocycles. The first-order valence-corrected chi connectivity index (χ1v) is 8.89. The van der Waals surface area contributed by atoms with E-state index in [1.165, 1.54) is 43.3 Å². The Kier molecular flexibility index (Phi) is 5.04. The van der Waals surface area contributed by atoms with Crippen LogP contribution in [0.4, 0.5) is 5.69 Å². The predicted octanol–water partition coefficient (Wildman–Crippen LogP) is 2.39. The van der Waals surface area contributed by atoms with Crippen molar-refractivity contribution in [1.29, 1.82) is 0 Å². The molecule has 0 aliphatic rings. The molecule has 22 heavy (non-hydrogen) atoms. The summed E-state index contributed by atoms with van der Waals surface area (Å²) >= 11 is 1.45. The number of hydrogen-bond donors (Lipinski definition) is 1. The summed E-state index contributed by atoms with van der Waals surface area (Å²) in [6, 6.07) is 9.16. The Morgan fingerprint density at radius 2 is 1.95 bits per heavy atom. The first-order valence-electron chi connectivity index (χ1n) is 6.18. The minimum atomic E-state index is -3.92. The van der Waals surface area contributed by atoms with Crippen molar-refractivity contribution in [1.82, 2.24) is 4.98 Å². The van der Waals surface area contributed by atoms with Gasteiger partial charge in [-0.25, -0.2) is 18.2 Å². The minimum Gasteiger partial charge on any atom is -0.465 e. The fourth-order valence-corrected chi connectivity index (χ4v) is 3.35. The van der Waals surface area contributed by atoms with Crippen molar-refractivity contribution in [2.75, 3.05) is 18.1 Å². The molecule has 0 spiro atoms. The van der Waals surface area contributed by atoms with E-state index in [1.54, 1.807) is 18.2 Å². The van der Waals surface area contributed by atoms with Crippen molar-refractivity contribution in [3.8, 4) is 0 Å². The molecule has 0 saturated carbocycles. The topological polar surface area (TPSA) is 85.4 Å². The molecule has 0 saturated heterocycles. The molecule has 8 heteroatoms. The number of aromatic nitrogens is 1. The van der Waals surface area contributed by atoms with Crippen LogP contribution < -0.4 is 4.72 Å². The smallest absolute Gasteiger partial charge is 0.339 e. The van der Waals surface area contributed by atoms with Crippen LogP contribution in [-0.2, 0) is 14.8 Å². The Balaban J connectivity index is 2.36. The van der Waals surface area contributed by atoms with Crippen molar-refractivity contribution in [2.45, 2.75) is 9.92 Å². The van der Waals surface area contributed by atoms with E-state index in [0.29, 0.717) is 5.69 Å². The van der Waals surface area contributed by atoms with E-state index in [1.807, 2.05) is 6.26 Å². The van der Waals surface area contributed by atoms with Crippen molar-refractivity contribution < 1.29 is 17.9 Å². The summed E-state index contributed by atoms with van der Waals surface area (Å²) in [6.45, 7) is 0. The van der Waals surface area contributed by atoms with Gasteiger partial charge in [-0.1, -0.05) is 12.1 Å². The van der Waals surface area contributed by atoms with E-state index in [2.05, 4.69) is 14.4 Å². The summed E-state index contributed by atoms with van der Waals surface area (Å²) in [7, 11) is -2.72. The molecule has 116 valence electrons. The van der Waals surface area contributed by atoms with Crippen molar-refractivity contribution >= 4 is 33.4 Å². The molecular weight excluding hydrogens is 324 g/mol. The highest BCUT2D eigenvalue weighted by atomic mass is 32.2. The molecule has 1 heterocycles. The molecule has 0 radical (unpaired) electrons. The molecule has 6 nitrogen and oxygen atoms in total. The third-order valence-electron chi connectivity index (χ3n) is 2.78. The molecule has 0 bridgehead atoms. The summed E-state index contributed by atoms with van der Waals surface area (Å²) in [5, 5.41) is 0.776. The van der Waals surface area contributed by atoms with Crippen molar-refractivity contribution in [2.24, 2.45) is 0 Å². The quantitative estimate of drug-likeness (QED) is 0.665. The first-order chi connectivity index (χ1) is 10.5. The van der Waals surface area contributed by atoms with Gasteiger partial charge in [0.1, 0.15) is 4.90 Å². The lowest BCUT2D eigenvalue weighted by Crippen LogP contribution is -2.17. The number of methoxy groups -OCH3 is 1. The van der Waals surface area contributed by atoms with Gasteiger partial charge >= 0.3 is 5.97 Å². The summed E-state index contributed by atoms with van der Waals surface area (Å²) < 4.78 is 31.9. The zero-order chi connectivity index (χ0) is 16.2. The SMILES string of the molecule is COC(=O)c1ccccc1S(=O)(=O)Nc1ccc(SC)nc1. The number of pyridine rings is 1. The zero-order valence-corrected chi connectivity index (χ0v) is 13.6. The normalized spacial score (nSPS) is 11.0. The van der Waals surface area contributed by atoms with E-state index in [4.69, 9.17) is 0 Å². The number of thioether (sulfide) groups is 1. The van der Waals surface area contributed by atoms with Crippen LogP contribution in [0.5, 0.6) is 0 Å². The summed E-state index contributed by atoms with van der Waals surface area (Å²) in [4.78, 5) is 15.6. The number of anilines is 1. The summed E-state index contributed by atoms with van der Waals surface area (Å²) in [6.07, 6.45) is 3.29. The van der Waals surface area contributed by atoms with Crippen LogP contribution in [-0.4, -0.2) is 32.7 Å². The average molecular weight is 338 g/mol. The van der Waals surface area contributed by atoms with Gasteiger partial charge in [0.05, 0.1) is 29.6 Å². The van der Waals surface area contributed by atoms with Crippen LogP contribution in [0.15, 0.2) is 52.5 Å². The molecule has 1 aromatic carbocycles. The van der Waals surface area contributed by atoms with Gasteiger partial charge in [0.15, 0.2) is 0 Å². The van der Waals surface area contributed by atoms with Gasteiger partial charge in [0.2, 0.25) is 0 Å². The number of carbonyl (C=O) groups excluding carboxylic acids is 1. The number of carbonyl (C=O) groups is 1. The Morgan fingerprint density at radius 1 is 1.23 bits per heavy atom. The molecule has 0 atom stereocenters. The fraction of sp³-hybridized carbons (Fsp3) is 0.143. The van der Waals surface area contributed by atoms with E-state index in [-0.39, 0.29) is 10.5 Å². The van der Waals surface area contributed by atoms with E-state index < -0.39 is 16.0 Å². The van der Waals surface area contributed by atoms with Crippen molar-refractivity contribution in [3.05, 3.63) is 48.2 Å². The second-order valence-corrected chi connectivity index (χ2v) is 6.66. The van der Waals surface area contributed by atoms with Gasteiger partial charge < -0.3 is 4.74 Å². The molecule has 1 N–H and O–H groups in total. The predicted molar refractivity (Wildman–Crippen MR) is 84.6 cm³/mol. The number of rotatable bonds is 5. The molecule has 0 aliphatic heterocycles. The third-order valence-corrected chi connectivity index (χ3v) is 4.88. The van der Waals surface area contributed by atoms with E-state index in [9.17, 15) is 13.2 Å². The molecule has 2 rings (SSSR count). The lowest BCUT2D eigenvalue weighted by molar-refractivity contribution is 0.0596. The number of sulfonamides is 1. The lowest BCUT2D eigenvalue weighted by Gasteiger charge is -2.11. The molecule has 0 fully saturated rings. The highest BCUT2D eigenvalue weighted by Crippen LogP contribution is 2.21. The Bertz CT molecular complexity index is 774. The van der Waals surface area contributed by atoms with Gasteiger partial charge in [0.25, 0.3) is 10.0 Å². The average Bonchev–Trinajstić information content (AvgIpc) is 2.54. The number of ether oxygens (including phenoxy) is 1. The van der Waals surface area contributed by atoms with Crippen LogP contribution in [0.25, 0.3) is 0 Å². The highest BCUT2D eigenvalue weighted by molar-refractivity contribution is 7.98. The van der Waals surface area contributed by atoms with Crippen LogP contribution in [0.3, 0.4) is 0 Å². The standard InChI is InChI=1S/C14H14N2O4S2/c1-20-14(17)11-5-3-4-6-12(11)22(18,19)16-10-7-8-13(21-2)15-9-10/h3-9,16H,1-2H3. The Morgan fingerprint density at radius 3 is 2.55 bits per heavy atom. The minimum absolute atomic E-state index is 0.0220. The Hall–Kier alpha value is -2.06. The largest absolute Gasteiger partial charge is 0.465 e. The van der Waals surface area contributed by atoms with Crippen molar-refractivity contribution in [3.63, 3.8) is 0 Å². The van der Waals surface area contributed by atoms with E-state index in [0.717, 1.165) is 5.03 Å². The van der Waals surface area contributed by atoms with Gasteiger partial charge in [-0.15, -0.1) is 11.8 Å². The van der Waals surface area contributed by atoms with Crippen LogP contribution >= 0.6 is 11.8 Å². The van der Waals surface area contributed by atoms with Crippen LogP contribution in [0.1, 0.15) is 10.4 Å². The summed E-state index contributed by atoms with van der Waals surface area (Å²) in [5.41, 5.74) is 0.295. The maximum atomic E-state index is 12.4. The number of hydrogen-bond acceptors (Lipinski definition) is 6. The monoisotopic (exact) mass is 338 g/mol. The van der Waals surface area contributed by atoms with Crippen LogP contribution in [0.2, 0.25) is 0 Å². The van der Waals surface area contributed by atoms with Gasteiger partial charge in [0, 0.05) is 0 Å². The maximum Gasteiger partial charge on any atom is 0.339 e. The summed E-state index contributed by atoms with van der Waals surface area (Å²) in [5.74, 6) is -0.711. The molecular formula is C14H14N2O4S2. The van der Waals surface area contributed by atoms with Gasteiger partial charge in [-0.2, -0.15) is 0 Å². The fourth-order valence-electron chi connectivity index (χ4n) is 1.75. The third kappa shape index (κ3) is 3.58. The zero-order valence-electron chi connectivity index (χ0n) is 11.9. The molecule has 1 aromatic heterocycles. The first kappa shape index (κ1) is 16.3. The molecule has 0 amide bonds. The number of benzene rings is 1. The number of esters is 1. The second kappa shape index (κ2) is 6.80. The number of nitrogens with one attached hydrogen (secondary N) is 1. The van der Waals surface area contributed by atoms with Gasteiger partial charge in [-0.3, -0.25) is 4.72 Å². The Labute approximate surface area is 133 Å². The number of nitrogens with zero attached hydrogens (tertiary/aromatic N) is 1. The highest BCUT2D eigenvalue weighted by Gasteiger charge is 2.22. The van der Waals surface area contributed by atoms with Crippen LogP contribution in [0, 0.1) is 0 Å². The maximum absolute atomic E-state index is 12.4. The molecule has 2 aromatic rings. The van der Waals surface area contributed by atoms with E-state index >= 15 is 0 Å². The lowest BCUT2D eigenvalue weighted by atomic mass is 10.2. The van der Waals surface area contributed by atoms with Gasteiger partial charge in [-0.05, 0) is 30.5 Å². The molecule has 0 unspecified atom stereocenters. The second-order valence-electron chi connectivity index (χ2n) is 4.18.